The Hall–Kier alpha value is -1.88. The number of hydrogen-bond acceptors (Lipinski definition) is 3. The van der Waals surface area contributed by atoms with Crippen LogP contribution >= 0.6 is 0 Å². The lowest BCUT2D eigenvalue weighted by molar-refractivity contribution is -0.131. The van der Waals surface area contributed by atoms with Crippen molar-refractivity contribution in [1.29, 1.82) is 0 Å². The monoisotopic (exact) mass is 317 g/mol. The van der Waals surface area contributed by atoms with Gasteiger partial charge in [0.25, 0.3) is 0 Å². The first-order valence-electron chi connectivity index (χ1n) is 8.36. The molecule has 1 aromatic carbocycles. The van der Waals surface area contributed by atoms with Gasteiger partial charge < -0.3 is 14.6 Å². The molecular weight excluding hydrogens is 290 g/mol. The second kappa shape index (κ2) is 7.59. The van der Waals surface area contributed by atoms with E-state index in [1.165, 1.54) is 0 Å². The van der Waals surface area contributed by atoms with Crippen LogP contribution in [-0.2, 0) is 17.9 Å². The average molecular weight is 317 g/mol. The first-order chi connectivity index (χ1) is 11.0. The van der Waals surface area contributed by atoms with Gasteiger partial charge in [-0.05, 0) is 49.9 Å². The number of imidazole rings is 1. The van der Waals surface area contributed by atoms with Crippen molar-refractivity contribution in [2.24, 2.45) is 0 Å². The standard InChI is InChI=1S/C18H27N3O2/c1-5-7-20(8-6-2)18(23)11-21-16-10-14(4)13(3)9-15(16)19-17(21)12-22/h9-10,22H,5-8,11-12H2,1-4H3. The molecule has 0 aliphatic rings. The van der Waals surface area contributed by atoms with Crippen molar-refractivity contribution < 1.29 is 9.90 Å². The van der Waals surface area contributed by atoms with Gasteiger partial charge in [0.1, 0.15) is 19.0 Å². The molecule has 5 heteroatoms. The summed E-state index contributed by atoms with van der Waals surface area (Å²) in [6, 6.07) is 4.06. The molecule has 2 aromatic rings. The highest BCUT2D eigenvalue weighted by Crippen LogP contribution is 2.21. The van der Waals surface area contributed by atoms with Gasteiger partial charge in [0, 0.05) is 13.1 Å². The third kappa shape index (κ3) is 3.72. The minimum Gasteiger partial charge on any atom is -0.388 e. The van der Waals surface area contributed by atoms with E-state index >= 15 is 0 Å². The van der Waals surface area contributed by atoms with Crippen LogP contribution in [-0.4, -0.2) is 38.6 Å². The first-order valence-corrected chi connectivity index (χ1v) is 8.36. The molecule has 5 nitrogen and oxygen atoms in total. The smallest absolute Gasteiger partial charge is 0.242 e. The fourth-order valence-electron chi connectivity index (χ4n) is 2.86. The van der Waals surface area contributed by atoms with Gasteiger partial charge >= 0.3 is 0 Å². The Balaban J connectivity index is 2.37. The Bertz CT molecular complexity index is 685. The molecule has 0 radical (unpaired) electrons. The molecule has 1 amide bonds. The molecule has 0 saturated carbocycles. The van der Waals surface area contributed by atoms with Crippen LogP contribution in [0, 0.1) is 13.8 Å². The molecule has 0 spiro atoms. The SMILES string of the molecule is CCCN(CCC)C(=O)Cn1c(CO)nc2cc(C)c(C)cc21. The lowest BCUT2D eigenvalue weighted by atomic mass is 10.1. The van der Waals surface area contributed by atoms with E-state index < -0.39 is 0 Å². The summed E-state index contributed by atoms with van der Waals surface area (Å²) in [5, 5.41) is 9.61. The highest BCUT2D eigenvalue weighted by molar-refractivity contribution is 5.82. The zero-order valence-electron chi connectivity index (χ0n) is 14.6. The van der Waals surface area contributed by atoms with Crippen LogP contribution in [0.5, 0.6) is 0 Å². The fraction of sp³-hybridized carbons (Fsp3) is 0.556. The number of carbonyl (C=O) groups excluding carboxylic acids is 1. The van der Waals surface area contributed by atoms with Crippen LogP contribution in [0.15, 0.2) is 12.1 Å². The summed E-state index contributed by atoms with van der Waals surface area (Å²) in [4.78, 5) is 19.0. The number of aromatic nitrogens is 2. The van der Waals surface area contributed by atoms with Crippen molar-refractivity contribution in [1.82, 2.24) is 14.5 Å². The van der Waals surface area contributed by atoms with E-state index in [0.29, 0.717) is 5.82 Å². The average Bonchev–Trinajstić information content (AvgIpc) is 2.84. The molecule has 1 N–H and O–H groups in total. The van der Waals surface area contributed by atoms with Crippen LogP contribution in [0.4, 0.5) is 0 Å². The summed E-state index contributed by atoms with van der Waals surface area (Å²) < 4.78 is 1.85. The summed E-state index contributed by atoms with van der Waals surface area (Å²) in [6.45, 7) is 9.85. The second-order valence-electron chi connectivity index (χ2n) is 6.08. The number of aliphatic hydroxyl groups excluding tert-OH is 1. The molecule has 0 aliphatic heterocycles. The summed E-state index contributed by atoms with van der Waals surface area (Å²) >= 11 is 0. The number of fused-ring (bicyclic) bond motifs is 1. The molecule has 0 saturated heterocycles. The normalized spacial score (nSPS) is 11.2. The Morgan fingerprint density at radius 1 is 1.17 bits per heavy atom. The number of nitrogens with zero attached hydrogens (tertiary/aromatic N) is 3. The predicted molar refractivity (Wildman–Crippen MR) is 92.3 cm³/mol. The Kier molecular flexibility index (Phi) is 5.77. The predicted octanol–water partition coefficient (Wildman–Crippen LogP) is 2.79. The Labute approximate surface area is 137 Å². The summed E-state index contributed by atoms with van der Waals surface area (Å²) in [5.74, 6) is 0.632. The maximum atomic E-state index is 12.6. The molecule has 0 unspecified atom stereocenters. The maximum Gasteiger partial charge on any atom is 0.242 e. The maximum absolute atomic E-state index is 12.6. The zero-order chi connectivity index (χ0) is 17.0. The molecule has 1 aromatic heterocycles. The second-order valence-corrected chi connectivity index (χ2v) is 6.08. The summed E-state index contributed by atoms with van der Waals surface area (Å²) in [6.07, 6.45) is 1.89. The van der Waals surface area contributed by atoms with E-state index in [1.54, 1.807) is 0 Å². The Morgan fingerprint density at radius 3 is 2.35 bits per heavy atom. The minimum atomic E-state index is -0.165. The molecule has 23 heavy (non-hydrogen) atoms. The number of aliphatic hydroxyl groups is 1. The van der Waals surface area contributed by atoms with Crippen LogP contribution in [0.2, 0.25) is 0 Å². The minimum absolute atomic E-state index is 0.0842. The van der Waals surface area contributed by atoms with E-state index in [1.807, 2.05) is 35.4 Å². The number of benzene rings is 1. The lowest BCUT2D eigenvalue weighted by Crippen LogP contribution is -2.35. The third-order valence-corrected chi connectivity index (χ3v) is 4.22. The molecule has 1 heterocycles. The topological polar surface area (TPSA) is 58.4 Å². The van der Waals surface area contributed by atoms with Crippen molar-refractivity contribution in [2.75, 3.05) is 13.1 Å². The van der Waals surface area contributed by atoms with Crippen molar-refractivity contribution in [2.45, 2.75) is 53.7 Å². The van der Waals surface area contributed by atoms with Gasteiger partial charge in [-0.15, -0.1) is 0 Å². The fourth-order valence-corrected chi connectivity index (χ4v) is 2.86. The van der Waals surface area contributed by atoms with E-state index in [9.17, 15) is 9.90 Å². The number of rotatable bonds is 7. The molecule has 0 atom stereocenters. The first kappa shape index (κ1) is 17.5. The third-order valence-electron chi connectivity index (χ3n) is 4.22. The van der Waals surface area contributed by atoms with Gasteiger partial charge in [0.15, 0.2) is 0 Å². The van der Waals surface area contributed by atoms with Crippen LogP contribution in [0.3, 0.4) is 0 Å². The van der Waals surface area contributed by atoms with E-state index in [2.05, 4.69) is 18.8 Å². The number of hydrogen-bond donors (Lipinski definition) is 1. The summed E-state index contributed by atoms with van der Waals surface area (Å²) in [7, 11) is 0. The number of aryl methyl sites for hydroxylation is 2. The quantitative estimate of drug-likeness (QED) is 0.854. The highest BCUT2D eigenvalue weighted by atomic mass is 16.3. The molecular formula is C18H27N3O2. The van der Waals surface area contributed by atoms with E-state index in [0.717, 1.165) is 48.1 Å². The summed E-state index contributed by atoms with van der Waals surface area (Å²) in [5.41, 5.74) is 4.08. The van der Waals surface area contributed by atoms with Gasteiger partial charge in [0.2, 0.25) is 5.91 Å². The van der Waals surface area contributed by atoms with Gasteiger partial charge in [-0.25, -0.2) is 4.98 Å². The number of amides is 1. The van der Waals surface area contributed by atoms with Crippen LogP contribution in [0.1, 0.15) is 43.6 Å². The lowest BCUT2D eigenvalue weighted by Gasteiger charge is -2.22. The molecule has 126 valence electrons. The molecule has 2 rings (SSSR count). The van der Waals surface area contributed by atoms with Crippen molar-refractivity contribution in [3.63, 3.8) is 0 Å². The largest absolute Gasteiger partial charge is 0.388 e. The molecule has 0 bridgehead atoms. The van der Waals surface area contributed by atoms with Gasteiger partial charge in [-0.3, -0.25) is 4.79 Å². The van der Waals surface area contributed by atoms with Gasteiger partial charge in [-0.2, -0.15) is 0 Å². The van der Waals surface area contributed by atoms with Crippen molar-refractivity contribution in [3.8, 4) is 0 Å². The van der Waals surface area contributed by atoms with Crippen molar-refractivity contribution in [3.05, 3.63) is 29.1 Å². The van der Waals surface area contributed by atoms with Gasteiger partial charge in [0.05, 0.1) is 11.0 Å². The van der Waals surface area contributed by atoms with E-state index in [-0.39, 0.29) is 19.1 Å². The van der Waals surface area contributed by atoms with Gasteiger partial charge in [-0.1, -0.05) is 13.8 Å². The Morgan fingerprint density at radius 2 is 1.78 bits per heavy atom. The van der Waals surface area contributed by atoms with E-state index in [4.69, 9.17) is 0 Å². The highest BCUT2D eigenvalue weighted by Gasteiger charge is 2.17. The molecule has 0 fully saturated rings. The zero-order valence-corrected chi connectivity index (χ0v) is 14.6. The van der Waals surface area contributed by atoms with Crippen molar-refractivity contribution >= 4 is 16.9 Å². The molecule has 0 aliphatic carbocycles. The number of carbonyl (C=O) groups is 1. The van der Waals surface area contributed by atoms with Crippen LogP contribution in [0.25, 0.3) is 11.0 Å². The van der Waals surface area contributed by atoms with Crippen LogP contribution < -0.4 is 0 Å².